The van der Waals surface area contributed by atoms with Gasteiger partial charge in [0.2, 0.25) is 5.91 Å². The lowest BCUT2D eigenvalue weighted by atomic mass is 9.99. The second kappa shape index (κ2) is 10.1. The fourth-order valence-corrected chi connectivity index (χ4v) is 4.03. The highest BCUT2D eigenvalue weighted by Crippen LogP contribution is 2.19. The van der Waals surface area contributed by atoms with Crippen LogP contribution in [0, 0.1) is 0 Å². The van der Waals surface area contributed by atoms with Gasteiger partial charge in [-0.1, -0.05) is 78.9 Å². The van der Waals surface area contributed by atoms with Crippen molar-refractivity contribution in [3.63, 3.8) is 0 Å². The molecule has 0 spiro atoms. The molecule has 154 valence electrons. The van der Waals surface area contributed by atoms with Crippen LogP contribution in [0.2, 0.25) is 0 Å². The molecule has 1 aliphatic heterocycles. The van der Waals surface area contributed by atoms with Crippen molar-refractivity contribution < 1.29 is 4.79 Å². The van der Waals surface area contributed by atoms with E-state index in [-0.39, 0.29) is 11.9 Å². The monoisotopic (exact) mass is 399 g/mol. The van der Waals surface area contributed by atoms with Gasteiger partial charge in [-0.15, -0.1) is 0 Å². The van der Waals surface area contributed by atoms with E-state index < -0.39 is 0 Å². The Balaban J connectivity index is 1.34. The first-order valence-electron chi connectivity index (χ1n) is 10.7. The molecule has 1 amide bonds. The predicted octanol–water partition coefficient (Wildman–Crippen LogP) is 3.91. The number of carbonyl (C=O) groups excluding carboxylic acids is 1. The number of nitrogens with zero attached hydrogens (tertiary/aromatic N) is 2. The van der Waals surface area contributed by atoms with Crippen LogP contribution in [0.4, 0.5) is 5.69 Å². The van der Waals surface area contributed by atoms with Crippen LogP contribution in [-0.4, -0.2) is 43.5 Å². The molecule has 3 aromatic carbocycles. The lowest BCUT2D eigenvalue weighted by Gasteiger charge is -2.36. The molecular formula is C26H29N3O. The van der Waals surface area contributed by atoms with Crippen molar-refractivity contribution in [1.29, 1.82) is 0 Å². The molecule has 1 aliphatic rings. The van der Waals surface area contributed by atoms with Crippen LogP contribution >= 0.6 is 0 Å². The molecule has 1 fully saturated rings. The zero-order valence-electron chi connectivity index (χ0n) is 17.3. The Morgan fingerprint density at radius 3 is 1.97 bits per heavy atom. The number of hydrogen-bond acceptors (Lipinski definition) is 3. The molecule has 1 atom stereocenters. The Hall–Kier alpha value is -3.11. The molecular weight excluding hydrogens is 370 g/mol. The van der Waals surface area contributed by atoms with E-state index in [4.69, 9.17) is 0 Å². The number of rotatable bonds is 7. The van der Waals surface area contributed by atoms with Gasteiger partial charge in [-0.3, -0.25) is 9.69 Å². The predicted molar refractivity (Wildman–Crippen MR) is 123 cm³/mol. The molecule has 1 heterocycles. The number of carbonyl (C=O) groups is 1. The zero-order chi connectivity index (χ0) is 20.6. The van der Waals surface area contributed by atoms with Crippen LogP contribution in [0.3, 0.4) is 0 Å². The standard InChI is InChI=1S/C26H29N3O/c30-26(21-28-16-18-29(19-17-28)24-14-8-3-9-15-24)27-25(23-12-6-2-7-13-23)20-22-10-4-1-5-11-22/h1-15,25H,16-21H2,(H,27,30)/t25-/m0/s1. The fourth-order valence-electron chi connectivity index (χ4n) is 4.03. The quantitative estimate of drug-likeness (QED) is 0.654. The molecule has 1 saturated heterocycles. The van der Waals surface area contributed by atoms with Gasteiger partial charge in [0.1, 0.15) is 0 Å². The summed E-state index contributed by atoms with van der Waals surface area (Å²) in [5, 5.41) is 3.28. The first-order chi connectivity index (χ1) is 14.8. The molecule has 0 saturated carbocycles. The Kier molecular flexibility index (Phi) is 6.78. The Morgan fingerprint density at radius 2 is 1.33 bits per heavy atom. The number of piperazine rings is 1. The minimum absolute atomic E-state index is 0.0216. The van der Waals surface area contributed by atoms with E-state index in [0.717, 1.165) is 38.2 Å². The van der Waals surface area contributed by atoms with Crippen LogP contribution < -0.4 is 10.2 Å². The van der Waals surface area contributed by atoms with Crippen LogP contribution in [0.25, 0.3) is 0 Å². The van der Waals surface area contributed by atoms with Crippen molar-refractivity contribution in [2.45, 2.75) is 12.5 Å². The lowest BCUT2D eigenvalue weighted by Crippen LogP contribution is -2.50. The maximum Gasteiger partial charge on any atom is 0.234 e. The third-order valence-corrected chi connectivity index (χ3v) is 5.68. The molecule has 4 heteroatoms. The average Bonchev–Trinajstić information content (AvgIpc) is 2.81. The van der Waals surface area contributed by atoms with Crippen molar-refractivity contribution in [2.75, 3.05) is 37.6 Å². The van der Waals surface area contributed by atoms with E-state index in [1.54, 1.807) is 0 Å². The largest absolute Gasteiger partial charge is 0.369 e. The number of hydrogen-bond donors (Lipinski definition) is 1. The van der Waals surface area contributed by atoms with Crippen LogP contribution in [-0.2, 0) is 11.2 Å². The number of benzene rings is 3. The molecule has 0 unspecified atom stereocenters. The molecule has 0 bridgehead atoms. The van der Waals surface area contributed by atoms with Crippen LogP contribution in [0.1, 0.15) is 17.2 Å². The van der Waals surface area contributed by atoms with E-state index in [2.05, 4.69) is 63.6 Å². The van der Waals surface area contributed by atoms with E-state index >= 15 is 0 Å². The van der Waals surface area contributed by atoms with Gasteiger partial charge in [0.25, 0.3) is 0 Å². The number of anilines is 1. The van der Waals surface area contributed by atoms with Crippen LogP contribution in [0.15, 0.2) is 91.0 Å². The summed E-state index contributed by atoms with van der Waals surface area (Å²) in [7, 11) is 0. The SMILES string of the molecule is O=C(CN1CCN(c2ccccc2)CC1)N[C@@H](Cc1ccccc1)c1ccccc1. The molecule has 0 radical (unpaired) electrons. The van der Waals surface area contributed by atoms with Gasteiger partial charge in [-0.25, -0.2) is 0 Å². The molecule has 0 aromatic heterocycles. The van der Waals surface area contributed by atoms with E-state index in [1.807, 2.05) is 42.5 Å². The lowest BCUT2D eigenvalue weighted by molar-refractivity contribution is -0.123. The fraction of sp³-hybridized carbons (Fsp3) is 0.269. The summed E-state index contributed by atoms with van der Waals surface area (Å²) < 4.78 is 0. The maximum atomic E-state index is 12.9. The van der Waals surface area contributed by atoms with Crippen molar-refractivity contribution >= 4 is 11.6 Å². The van der Waals surface area contributed by atoms with Gasteiger partial charge in [-0.2, -0.15) is 0 Å². The molecule has 3 aromatic rings. The van der Waals surface area contributed by atoms with E-state index in [9.17, 15) is 4.79 Å². The topological polar surface area (TPSA) is 35.6 Å². The van der Waals surface area contributed by atoms with Crippen molar-refractivity contribution in [2.24, 2.45) is 0 Å². The summed E-state index contributed by atoms with van der Waals surface area (Å²) in [6.07, 6.45) is 0.790. The van der Waals surface area contributed by atoms with Gasteiger partial charge in [0.05, 0.1) is 12.6 Å². The number of amides is 1. The minimum Gasteiger partial charge on any atom is -0.369 e. The third-order valence-electron chi connectivity index (χ3n) is 5.68. The zero-order valence-corrected chi connectivity index (χ0v) is 17.3. The number of nitrogens with one attached hydrogen (secondary N) is 1. The van der Waals surface area contributed by atoms with Crippen LogP contribution in [0.5, 0.6) is 0 Å². The molecule has 1 N–H and O–H groups in total. The highest BCUT2D eigenvalue weighted by Gasteiger charge is 2.21. The van der Waals surface area contributed by atoms with Gasteiger partial charge < -0.3 is 10.2 Å². The minimum atomic E-state index is -0.0216. The molecule has 4 nitrogen and oxygen atoms in total. The first kappa shape index (κ1) is 20.2. The van der Waals surface area contributed by atoms with Crippen molar-refractivity contribution in [1.82, 2.24) is 10.2 Å². The maximum absolute atomic E-state index is 12.9. The summed E-state index contributed by atoms with van der Waals surface area (Å²) in [5.41, 5.74) is 3.63. The summed E-state index contributed by atoms with van der Waals surface area (Å²) >= 11 is 0. The molecule has 0 aliphatic carbocycles. The average molecular weight is 400 g/mol. The van der Waals surface area contributed by atoms with Crippen molar-refractivity contribution in [3.8, 4) is 0 Å². The third kappa shape index (κ3) is 5.49. The number of para-hydroxylation sites is 1. The highest BCUT2D eigenvalue weighted by molar-refractivity contribution is 5.78. The Bertz CT molecular complexity index is 907. The van der Waals surface area contributed by atoms with Gasteiger partial charge >= 0.3 is 0 Å². The summed E-state index contributed by atoms with van der Waals surface area (Å²) in [5.74, 6) is 0.0907. The smallest absolute Gasteiger partial charge is 0.234 e. The Morgan fingerprint density at radius 1 is 0.767 bits per heavy atom. The van der Waals surface area contributed by atoms with Gasteiger partial charge in [0.15, 0.2) is 0 Å². The second-order valence-corrected chi connectivity index (χ2v) is 7.82. The second-order valence-electron chi connectivity index (χ2n) is 7.82. The summed E-state index contributed by atoms with van der Waals surface area (Å²) in [4.78, 5) is 17.5. The van der Waals surface area contributed by atoms with Gasteiger partial charge in [-0.05, 0) is 29.7 Å². The van der Waals surface area contributed by atoms with Crippen molar-refractivity contribution in [3.05, 3.63) is 102 Å². The first-order valence-corrected chi connectivity index (χ1v) is 10.7. The van der Waals surface area contributed by atoms with E-state index in [1.165, 1.54) is 11.3 Å². The van der Waals surface area contributed by atoms with E-state index in [0.29, 0.717) is 6.54 Å². The van der Waals surface area contributed by atoms with Gasteiger partial charge in [0, 0.05) is 31.9 Å². The highest BCUT2D eigenvalue weighted by atomic mass is 16.2. The molecule has 30 heavy (non-hydrogen) atoms. The summed E-state index contributed by atoms with van der Waals surface area (Å²) in [6.45, 7) is 4.14. The normalized spacial score (nSPS) is 15.5. The summed E-state index contributed by atoms with van der Waals surface area (Å²) in [6, 6.07) is 31.1. The Labute approximate surface area is 179 Å². The molecule has 4 rings (SSSR count).